The molecule has 0 saturated carbocycles. The van der Waals surface area contributed by atoms with Crippen molar-refractivity contribution >= 4 is 5.97 Å². The molecule has 1 heterocycles. The van der Waals surface area contributed by atoms with Crippen molar-refractivity contribution in [2.24, 2.45) is 0 Å². The Morgan fingerprint density at radius 3 is 2.57 bits per heavy atom. The molecule has 1 aromatic carbocycles. The standard InChI is InChI=1S/C17H22N2O2/c1-4-21-17(20)16-12(2)15(19-13(16)3)11-18-10-14-8-6-5-7-9-14/h5-9,18-19H,4,10-11H2,1-3H3. The van der Waals surface area contributed by atoms with Crippen LogP contribution < -0.4 is 5.32 Å². The Bertz CT molecular complexity index is 603. The largest absolute Gasteiger partial charge is 0.462 e. The summed E-state index contributed by atoms with van der Waals surface area (Å²) in [6.45, 7) is 7.56. The quantitative estimate of drug-likeness (QED) is 0.802. The lowest BCUT2D eigenvalue weighted by atomic mass is 10.1. The fourth-order valence-corrected chi connectivity index (χ4v) is 2.43. The molecule has 0 unspecified atom stereocenters. The second-order valence-corrected chi connectivity index (χ2v) is 5.04. The van der Waals surface area contributed by atoms with Crippen molar-refractivity contribution in [2.75, 3.05) is 6.61 Å². The van der Waals surface area contributed by atoms with Crippen molar-refractivity contribution in [3.8, 4) is 0 Å². The third-order valence-corrected chi connectivity index (χ3v) is 3.49. The highest BCUT2D eigenvalue weighted by Crippen LogP contribution is 2.19. The SMILES string of the molecule is CCOC(=O)c1c(C)[nH]c(CNCc2ccccc2)c1C. The van der Waals surface area contributed by atoms with Gasteiger partial charge in [0.15, 0.2) is 0 Å². The molecule has 112 valence electrons. The number of carbonyl (C=O) groups excluding carboxylic acids is 1. The number of carbonyl (C=O) groups is 1. The van der Waals surface area contributed by atoms with E-state index >= 15 is 0 Å². The van der Waals surface area contributed by atoms with Crippen LogP contribution in [0.1, 0.15) is 39.8 Å². The number of H-pyrrole nitrogens is 1. The van der Waals surface area contributed by atoms with E-state index in [0.29, 0.717) is 18.7 Å². The van der Waals surface area contributed by atoms with E-state index in [4.69, 9.17) is 4.74 Å². The van der Waals surface area contributed by atoms with E-state index < -0.39 is 0 Å². The van der Waals surface area contributed by atoms with Crippen LogP contribution in [0.25, 0.3) is 0 Å². The number of hydrogen-bond donors (Lipinski definition) is 2. The molecule has 1 aromatic heterocycles. The molecule has 0 radical (unpaired) electrons. The number of aryl methyl sites for hydroxylation is 1. The molecule has 0 bridgehead atoms. The highest BCUT2D eigenvalue weighted by atomic mass is 16.5. The Morgan fingerprint density at radius 1 is 1.19 bits per heavy atom. The van der Waals surface area contributed by atoms with Gasteiger partial charge in [0.2, 0.25) is 0 Å². The fourth-order valence-electron chi connectivity index (χ4n) is 2.43. The van der Waals surface area contributed by atoms with Crippen molar-refractivity contribution in [1.29, 1.82) is 0 Å². The molecule has 0 spiro atoms. The Balaban J connectivity index is 2.01. The summed E-state index contributed by atoms with van der Waals surface area (Å²) in [7, 11) is 0. The van der Waals surface area contributed by atoms with E-state index in [-0.39, 0.29) is 5.97 Å². The molecule has 4 nitrogen and oxygen atoms in total. The second kappa shape index (κ2) is 7.09. The van der Waals surface area contributed by atoms with Crippen molar-refractivity contribution in [1.82, 2.24) is 10.3 Å². The first-order chi connectivity index (χ1) is 10.1. The first kappa shape index (κ1) is 15.3. The summed E-state index contributed by atoms with van der Waals surface area (Å²) in [5, 5.41) is 3.39. The first-order valence-corrected chi connectivity index (χ1v) is 7.23. The van der Waals surface area contributed by atoms with Gasteiger partial charge in [0.25, 0.3) is 0 Å². The van der Waals surface area contributed by atoms with Crippen LogP contribution in [-0.4, -0.2) is 17.6 Å². The number of aromatic nitrogens is 1. The van der Waals surface area contributed by atoms with E-state index in [2.05, 4.69) is 22.4 Å². The minimum Gasteiger partial charge on any atom is -0.462 e. The summed E-state index contributed by atoms with van der Waals surface area (Å²) in [4.78, 5) is 15.2. The molecule has 2 aromatic rings. The normalized spacial score (nSPS) is 10.6. The summed E-state index contributed by atoms with van der Waals surface area (Å²) < 4.78 is 5.10. The highest BCUT2D eigenvalue weighted by molar-refractivity contribution is 5.92. The van der Waals surface area contributed by atoms with Gasteiger partial charge in [0.05, 0.1) is 12.2 Å². The summed E-state index contributed by atoms with van der Waals surface area (Å²) in [5.41, 5.74) is 4.76. The lowest BCUT2D eigenvalue weighted by Crippen LogP contribution is -2.14. The van der Waals surface area contributed by atoms with Gasteiger partial charge in [0.1, 0.15) is 0 Å². The van der Waals surface area contributed by atoms with Gasteiger partial charge in [-0.25, -0.2) is 4.79 Å². The van der Waals surface area contributed by atoms with Crippen LogP contribution in [0.4, 0.5) is 0 Å². The number of nitrogens with one attached hydrogen (secondary N) is 2. The predicted octanol–water partition coefficient (Wildman–Crippen LogP) is 3.10. The van der Waals surface area contributed by atoms with Gasteiger partial charge >= 0.3 is 5.97 Å². The van der Waals surface area contributed by atoms with Gasteiger partial charge < -0.3 is 15.0 Å². The Kier molecular flexibility index (Phi) is 5.17. The Hall–Kier alpha value is -2.07. The molecular formula is C17H22N2O2. The molecule has 0 saturated heterocycles. The molecule has 0 atom stereocenters. The lowest BCUT2D eigenvalue weighted by molar-refractivity contribution is 0.0525. The molecule has 2 N–H and O–H groups in total. The fraction of sp³-hybridized carbons (Fsp3) is 0.353. The number of rotatable bonds is 6. The predicted molar refractivity (Wildman–Crippen MR) is 83.2 cm³/mol. The number of hydrogen-bond acceptors (Lipinski definition) is 3. The van der Waals surface area contributed by atoms with E-state index in [1.54, 1.807) is 0 Å². The van der Waals surface area contributed by atoms with Crippen LogP contribution >= 0.6 is 0 Å². The zero-order valence-electron chi connectivity index (χ0n) is 12.8. The molecule has 0 aliphatic carbocycles. The van der Waals surface area contributed by atoms with Gasteiger partial charge in [0, 0.05) is 24.5 Å². The van der Waals surface area contributed by atoms with Crippen LogP contribution in [0.2, 0.25) is 0 Å². The molecule has 21 heavy (non-hydrogen) atoms. The maximum absolute atomic E-state index is 11.9. The highest BCUT2D eigenvalue weighted by Gasteiger charge is 2.18. The molecular weight excluding hydrogens is 264 g/mol. The van der Waals surface area contributed by atoms with Crippen LogP contribution in [0, 0.1) is 13.8 Å². The summed E-state index contributed by atoms with van der Waals surface area (Å²) >= 11 is 0. The first-order valence-electron chi connectivity index (χ1n) is 7.23. The Morgan fingerprint density at radius 2 is 1.90 bits per heavy atom. The molecule has 0 aliphatic rings. The van der Waals surface area contributed by atoms with Gasteiger partial charge in [-0.15, -0.1) is 0 Å². The zero-order valence-corrected chi connectivity index (χ0v) is 12.8. The minimum absolute atomic E-state index is 0.252. The maximum atomic E-state index is 11.9. The monoisotopic (exact) mass is 286 g/mol. The van der Waals surface area contributed by atoms with Crippen LogP contribution in [0.15, 0.2) is 30.3 Å². The van der Waals surface area contributed by atoms with E-state index in [0.717, 1.165) is 23.5 Å². The van der Waals surface area contributed by atoms with E-state index in [9.17, 15) is 4.79 Å². The van der Waals surface area contributed by atoms with E-state index in [1.165, 1.54) is 5.56 Å². The zero-order chi connectivity index (χ0) is 15.2. The summed E-state index contributed by atoms with van der Waals surface area (Å²) in [5.74, 6) is -0.252. The van der Waals surface area contributed by atoms with Crippen LogP contribution in [0.3, 0.4) is 0 Å². The number of aromatic amines is 1. The Labute approximate surface area is 125 Å². The van der Waals surface area contributed by atoms with Crippen LogP contribution in [-0.2, 0) is 17.8 Å². The third kappa shape index (κ3) is 3.73. The lowest BCUT2D eigenvalue weighted by Gasteiger charge is -2.05. The molecule has 0 fully saturated rings. The third-order valence-electron chi connectivity index (χ3n) is 3.49. The molecule has 0 amide bonds. The van der Waals surface area contributed by atoms with Gasteiger partial charge in [-0.05, 0) is 31.9 Å². The van der Waals surface area contributed by atoms with Gasteiger partial charge in [-0.1, -0.05) is 30.3 Å². The van der Waals surface area contributed by atoms with Crippen molar-refractivity contribution in [2.45, 2.75) is 33.9 Å². The molecule has 2 rings (SSSR count). The second-order valence-electron chi connectivity index (χ2n) is 5.04. The average Bonchev–Trinajstić information content (AvgIpc) is 2.75. The van der Waals surface area contributed by atoms with Crippen molar-refractivity contribution in [3.05, 3.63) is 58.4 Å². The summed E-state index contributed by atoms with van der Waals surface area (Å²) in [6.07, 6.45) is 0. The molecule has 4 heteroatoms. The van der Waals surface area contributed by atoms with Crippen molar-refractivity contribution in [3.63, 3.8) is 0 Å². The number of benzene rings is 1. The maximum Gasteiger partial charge on any atom is 0.340 e. The number of ether oxygens (including phenoxy) is 1. The van der Waals surface area contributed by atoms with Gasteiger partial charge in [-0.2, -0.15) is 0 Å². The minimum atomic E-state index is -0.252. The smallest absolute Gasteiger partial charge is 0.340 e. The van der Waals surface area contributed by atoms with Crippen LogP contribution in [0.5, 0.6) is 0 Å². The number of esters is 1. The van der Waals surface area contributed by atoms with Crippen molar-refractivity contribution < 1.29 is 9.53 Å². The summed E-state index contributed by atoms with van der Waals surface area (Å²) in [6, 6.07) is 10.2. The van der Waals surface area contributed by atoms with Gasteiger partial charge in [-0.3, -0.25) is 0 Å². The van der Waals surface area contributed by atoms with E-state index in [1.807, 2.05) is 39.0 Å². The topological polar surface area (TPSA) is 54.1 Å². The average molecular weight is 286 g/mol. The molecule has 0 aliphatic heterocycles.